The first kappa shape index (κ1) is 8.00. The lowest BCUT2D eigenvalue weighted by molar-refractivity contribution is 0.385. The van der Waals surface area contributed by atoms with Crippen molar-refractivity contribution in [3.05, 3.63) is 30.1 Å². The van der Waals surface area contributed by atoms with Crippen LogP contribution in [0.25, 0.3) is 11.0 Å². The zero-order chi connectivity index (χ0) is 9.54. The molecule has 0 saturated carbocycles. The lowest BCUT2D eigenvalue weighted by Crippen LogP contribution is -2.34. The van der Waals surface area contributed by atoms with Crippen LogP contribution in [0.15, 0.2) is 24.5 Å². The molecule has 3 rings (SSSR count). The van der Waals surface area contributed by atoms with E-state index in [4.69, 9.17) is 0 Å². The summed E-state index contributed by atoms with van der Waals surface area (Å²) < 4.78 is 2.10. The Morgan fingerprint density at radius 3 is 3.14 bits per heavy atom. The van der Waals surface area contributed by atoms with E-state index in [1.807, 2.05) is 12.3 Å². The van der Waals surface area contributed by atoms with Crippen LogP contribution in [0.3, 0.4) is 0 Å². The zero-order valence-electron chi connectivity index (χ0n) is 8.20. The van der Waals surface area contributed by atoms with Gasteiger partial charge in [0.1, 0.15) is 5.65 Å². The molecule has 1 fully saturated rings. The van der Waals surface area contributed by atoms with Crippen molar-refractivity contribution < 1.29 is 0 Å². The van der Waals surface area contributed by atoms with Gasteiger partial charge in [-0.1, -0.05) is 0 Å². The van der Waals surface area contributed by atoms with Crippen LogP contribution >= 0.6 is 0 Å². The highest BCUT2D eigenvalue weighted by Crippen LogP contribution is 2.29. The minimum Gasteiger partial charge on any atom is -0.335 e. The Kier molecular flexibility index (Phi) is 1.61. The van der Waals surface area contributed by atoms with Gasteiger partial charge in [-0.15, -0.1) is 0 Å². The third kappa shape index (κ3) is 0.990. The number of rotatable bonds is 1. The van der Waals surface area contributed by atoms with Gasteiger partial charge in [0.15, 0.2) is 0 Å². The molecule has 1 unspecified atom stereocenters. The number of hydrogen-bond donors (Lipinski definition) is 1. The van der Waals surface area contributed by atoms with Crippen molar-refractivity contribution in [1.82, 2.24) is 14.9 Å². The van der Waals surface area contributed by atoms with Gasteiger partial charge in [-0.2, -0.15) is 0 Å². The van der Waals surface area contributed by atoms with Crippen LogP contribution in [0.4, 0.5) is 0 Å². The molecule has 3 heteroatoms. The Balaban J connectivity index is 2.23. The van der Waals surface area contributed by atoms with Gasteiger partial charge in [0.25, 0.3) is 0 Å². The summed E-state index contributed by atoms with van der Waals surface area (Å²) in [5.74, 6) is 0. The molecule has 2 aromatic heterocycles. The summed E-state index contributed by atoms with van der Waals surface area (Å²) in [5, 5.41) is 4.71. The van der Waals surface area contributed by atoms with Gasteiger partial charge < -0.3 is 9.88 Å². The summed E-state index contributed by atoms with van der Waals surface area (Å²) in [5.41, 5.74) is 2.47. The molecule has 0 aromatic carbocycles. The molecule has 1 saturated heterocycles. The summed E-state index contributed by atoms with van der Waals surface area (Å²) in [6, 6.07) is 4.70. The Morgan fingerprint density at radius 2 is 2.43 bits per heavy atom. The smallest absolute Gasteiger partial charge is 0.139 e. The van der Waals surface area contributed by atoms with Gasteiger partial charge in [-0.25, -0.2) is 4.98 Å². The summed E-state index contributed by atoms with van der Waals surface area (Å²) >= 11 is 0. The molecule has 1 atom stereocenters. The fraction of sp³-hybridized carbons (Fsp3) is 0.364. The van der Waals surface area contributed by atoms with E-state index in [0.29, 0.717) is 6.04 Å². The normalized spacial score (nSPS) is 21.1. The van der Waals surface area contributed by atoms with Gasteiger partial charge in [0.2, 0.25) is 0 Å². The van der Waals surface area contributed by atoms with E-state index in [9.17, 15) is 0 Å². The monoisotopic (exact) mass is 187 g/mol. The first-order chi connectivity index (χ1) is 6.86. The first-order valence-corrected chi connectivity index (χ1v) is 4.99. The molecule has 72 valence electrons. The SMILES string of the molecule is Cn1cc(C2CCN2)c2cccnc21. The Hall–Kier alpha value is -1.35. The molecule has 1 aliphatic rings. The van der Waals surface area contributed by atoms with Gasteiger partial charge in [0.05, 0.1) is 0 Å². The van der Waals surface area contributed by atoms with Gasteiger partial charge >= 0.3 is 0 Å². The average molecular weight is 187 g/mol. The highest BCUT2D eigenvalue weighted by Gasteiger charge is 2.22. The van der Waals surface area contributed by atoms with Crippen molar-refractivity contribution in [3.63, 3.8) is 0 Å². The third-order valence-electron chi connectivity index (χ3n) is 2.96. The maximum Gasteiger partial charge on any atom is 0.139 e. The molecular formula is C11H13N3. The van der Waals surface area contributed by atoms with E-state index in [2.05, 4.69) is 34.2 Å². The van der Waals surface area contributed by atoms with Crippen LogP contribution in [-0.4, -0.2) is 16.1 Å². The molecule has 1 N–H and O–H groups in total. The van der Waals surface area contributed by atoms with Crippen LogP contribution in [0.2, 0.25) is 0 Å². The Bertz CT molecular complexity index is 468. The topological polar surface area (TPSA) is 29.9 Å². The lowest BCUT2D eigenvalue weighted by Gasteiger charge is -2.27. The summed E-state index contributed by atoms with van der Waals surface area (Å²) in [6.07, 6.45) is 5.28. The van der Waals surface area contributed by atoms with Crippen molar-refractivity contribution in [2.75, 3.05) is 6.54 Å². The second kappa shape index (κ2) is 2.82. The van der Waals surface area contributed by atoms with E-state index in [0.717, 1.165) is 12.2 Å². The minimum atomic E-state index is 0.544. The largest absolute Gasteiger partial charge is 0.335 e. The number of fused-ring (bicyclic) bond motifs is 1. The van der Waals surface area contributed by atoms with Crippen LogP contribution in [0.1, 0.15) is 18.0 Å². The number of aryl methyl sites for hydroxylation is 1. The van der Waals surface area contributed by atoms with Crippen molar-refractivity contribution in [2.45, 2.75) is 12.5 Å². The Labute approximate surface area is 82.8 Å². The summed E-state index contributed by atoms with van der Waals surface area (Å²) in [4.78, 5) is 4.38. The van der Waals surface area contributed by atoms with E-state index < -0.39 is 0 Å². The van der Waals surface area contributed by atoms with Crippen molar-refractivity contribution in [3.8, 4) is 0 Å². The number of pyridine rings is 1. The van der Waals surface area contributed by atoms with Crippen LogP contribution in [0, 0.1) is 0 Å². The number of nitrogens with zero attached hydrogens (tertiary/aromatic N) is 2. The quantitative estimate of drug-likeness (QED) is 0.735. The fourth-order valence-electron chi connectivity index (χ4n) is 2.07. The highest BCUT2D eigenvalue weighted by molar-refractivity contribution is 5.80. The zero-order valence-corrected chi connectivity index (χ0v) is 8.20. The molecule has 0 spiro atoms. The maximum atomic E-state index is 4.38. The molecule has 2 aromatic rings. The maximum absolute atomic E-state index is 4.38. The van der Waals surface area contributed by atoms with Gasteiger partial charge in [-0.3, -0.25) is 0 Å². The lowest BCUT2D eigenvalue weighted by atomic mass is 9.98. The molecule has 0 amide bonds. The first-order valence-electron chi connectivity index (χ1n) is 4.99. The molecule has 0 aliphatic carbocycles. The number of aromatic nitrogens is 2. The molecule has 14 heavy (non-hydrogen) atoms. The fourth-order valence-corrected chi connectivity index (χ4v) is 2.07. The van der Waals surface area contributed by atoms with E-state index >= 15 is 0 Å². The Morgan fingerprint density at radius 1 is 1.57 bits per heavy atom. The minimum absolute atomic E-state index is 0.544. The molecule has 3 nitrogen and oxygen atoms in total. The van der Waals surface area contributed by atoms with E-state index in [-0.39, 0.29) is 0 Å². The number of hydrogen-bond acceptors (Lipinski definition) is 2. The molecule has 0 bridgehead atoms. The average Bonchev–Trinajstić information content (AvgIpc) is 2.43. The molecule has 1 aliphatic heterocycles. The molecule has 0 radical (unpaired) electrons. The van der Waals surface area contributed by atoms with E-state index in [1.165, 1.54) is 17.4 Å². The second-order valence-corrected chi connectivity index (χ2v) is 3.87. The summed E-state index contributed by atoms with van der Waals surface area (Å²) in [6.45, 7) is 1.14. The predicted octanol–water partition coefficient (Wildman–Crippen LogP) is 1.61. The van der Waals surface area contributed by atoms with Gasteiger partial charge in [-0.05, 0) is 30.7 Å². The molecular weight excluding hydrogens is 174 g/mol. The molecule has 3 heterocycles. The van der Waals surface area contributed by atoms with Gasteiger partial charge in [0, 0.05) is 30.9 Å². The third-order valence-corrected chi connectivity index (χ3v) is 2.96. The van der Waals surface area contributed by atoms with Crippen molar-refractivity contribution in [2.24, 2.45) is 7.05 Å². The summed E-state index contributed by atoms with van der Waals surface area (Å²) in [7, 11) is 2.05. The van der Waals surface area contributed by atoms with E-state index in [1.54, 1.807) is 0 Å². The highest BCUT2D eigenvalue weighted by atomic mass is 15.0. The second-order valence-electron chi connectivity index (χ2n) is 3.87. The number of nitrogens with one attached hydrogen (secondary N) is 1. The van der Waals surface area contributed by atoms with Crippen LogP contribution in [0.5, 0.6) is 0 Å². The van der Waals surface area contributed by atoms with Crippen LogP contribution < -0.4 is 5.32 Å². The van der Waals surface area contributed by atoms with Crippen molar-refractivity contribution in [1.29, 1.82) is 0 Å². The van der Waals surface area contributed by atoms with Crippen molar-refractivity contribution >= 4 is 11.0 Å². The van der Waals surface area contributed by atoms with Crippen LogP contribution in [-0.2, 0) is 7.05 Å². The predicted molar refractivity (Wildman–Crippen MR) is 56.1 cm³/mol. The standard InChI is InChI=1S/C11H13N3/c1-14-7-9(10-4-6-12-10)8-3-2-5-13-11(8)14/h2-3,5,7,10,12H,4,6H2,1H3.